The highest BCUT2D eigenvalue weighted by Gasteiger charge is 2.14. The molecule has 0 aromatic heterocycles. The van der Waals surface area contributed by atoms with Gasteiger partial charge in [-0.15, -0.1) is 0 Å². The van der Waals surface area contributed by atoms with E-state index in [1.807, 2.05) is 0 Å². The standard InChI is InChI=1S/C10H14OS2/c1-2-6-9(5-1)12-11-13-10-7-3-4-8-10/h1,3,5,7,9-10H,2,4,6,8H2. The molecule has 2 atom stereocenters. The number of hydrogen-bond acceptors (Lipinski definition) is 3. The largest absolute Gasteiger partial charge is 0.246 e. The van der Waals surface area contributed by atoms with Gasteiger partial charge in [-0.1, -0.05) is 24.3 Å². The van der Waals surface area contributed by atoms with E-state index in [-0.39, 0.29) is 0 Å². The van der Waals surface area contributed by atoms with Crippen LogP contribution in [0.3, 0.4) is 0 Å². The van der Waals surface area contributed by atoms with Crippen LogP contribution >= 0.6 is 24.1 Å². The maximum atomic E-state index is 5.53. The molecule has 13 heavy (non-hydrogen) atoms. The summed E-state index contributed by atoms with van der Waals surface area (Å²) in [7, 11) is 0. The van der Waals surface area contributed by atoms with Gasteiger partial charge >= 0.3 is 0 Å². The van der Waals surface area contributed by atoms with Crippen molar-refractivity contribution in [2.75, 3.05) is 0 Å². The Morgan fingerprint density at radius 2 is 1.46 bits per heavy atom. The summed E-state index contributed by atoms with van der Waals surface area (Å²) in [5.41, 5.74) is 0. The quantitative estimate of drug-likeness (QED) is 0.521. The molecule has 1 nitrogen and oxygen atoms in total. The molecular weight excluding hydrogens is 200 g/mol. The fourth-order valence-electron chi connectivity index (χ4n) is 1.49. The first kappa shape index (κ1) is 9.69. The topological polar surface area (TPSA) is 9.23 Å². The van der Waals surface area contributed by atoms with E-state index in [1.165, 1.54) is 25.7 Å². The van der Waals surface area contributed by atoms with Crippen molar-refractivity contribution >= 4 is 24.1 Å². The van der Waals surface area contributed by atoms with Crippen LogP contribution in [-0.4, -0.2) is 10.5 Å². The Balaban J connectivity index is 1.57. The van der Waals surface area contributed by atoms with Crippen LogP contribution in [0.15, 0.2) is 24.3 Å². The Morgan fingerprint density at radius 1 is 0.923 bits per heavy atom. The monoisotopic (exact) mass is 214 g/mol. The lowest BCUT2D eigenvalue weighted by Crippen LogP contribution is -1.95. The van der Waals surface area contributed by atoms with Gasteiger partial charge in [0.25, 0.3) is 0 Å². The molecule has 0 radical (unpaired) electrons. The average molecular weight is 214 g/mol. The van der Waals surface area contributed by atoms with E-state index >= 15 is 0 Å². The van der Waals surface area contributed by atoms with Crippen LogP contribution in [0, 0.1) is 0 Å². The molecular formula is C10H14OS2. The summed E-state index contributed by atoms with van der Waals surface area (Å²) in [6.45, 7) is 0. The summed E-state index contributed by atoms with van der Waals surface area (Å²) in [5.74, 6) is 0. The lowest BCUT2D eigenvalue weighted by atomic mass is 10.4. The summed E-state index contributed by atoms with van der Waals surface area (Å²) < 4.78 is 5.53. The van der Waals surface area contributed by atoms with Crippen LogP contribution in [0.4, 0.5) is 0 Å². The molecule has 0 saturated carbocycles. The van der Waals surface area contributed by atoms with Crippen LogP contribution in [0.5, 0.6) is 0 Å². The Hall–Kier alpha value is 0.140. The first-order valence-corrected chi connectivity index (χ1v) is 6.38. The van der Waals surface area contributed by atoms with Gasteiger partial charge in [0, 0.05) is 24.1 Å². The average Bonchev–Trinajstić information content (AvgIpc) is 2.75. The number of rotatable bonds is 4. The van der Waals surface area contributed by atoms with Gasteiger partial charge in [-0.3, -0.25) is 0 Å². The predicted octanol–water partition coefficient (Wildman–Crippen LogP) is 3.74. The molecule has 0 bridgehead atoms. The van der Waals surface area contributed by atoms with E-state index in [2.05, 4.69) is 24.3 Å². The highest BCUT2D eigenvalue weighted by atomic mass is 32.2. The van der Waals surface area contributed by atoms with Gasteiger partial charge < -0.3 is 0 Å². The maximum absolute atomic E-state index is 5.53. The molecule has 0 aliphatic heterocycles. The van der Waals surface area contributed by atoms with Crippen molar-refractivity contribution in [1.29, 1.82) is 0 Å². The molecule has 0 amide bonds. The smallest absolute Gasteiger partial charge is 0.0506 e. The highest BCUT2D eigenvalue weighted by Crippen LogP contribution is 2.32. The first-order chi connectivity index (χ1) is 6.45. The summed E-state index contributed by atoms with van der Waals surface area (Å²) in [6.07, 6.45) is 13.9. The van der Waals surface area contributed by atoms with Crippen LogP contribution in [0.2, 0.25) is 0 Å². The van der Waals surface area contributed by atoms with Gasteiger partial charge in [-0.05, 0) is 25.7 Å². The van der Waals surface area contributed by atoms with Crippen molar-refractivity contribution < 1.29 is 3.63 Å². The Morgan fingerprint density at radius 3 is 1.85 bits per heavy atom. The van der Waals surface area contributed by atoms with Gasteiger partial charge in [0.05, 0.1) is 10.5 Å². The van der Waals surface area contributed by atoms with Crippen LogP contribution in [0.1, 0.15) is 25.7 Å². The first-order valence-electron chi connectivity index (χ1n) is 4.77. The molecule has 3 heteroatoms. The molecule has 0 saturated heterocycles. The van der Waals surface area contributed by atoms with Crippen LogP contribution in [-0.2, 0) is 3.63 Å². The molecule has 72 valence electrons. The lowest BCUT2D eigenvalue weighted by molar-refractivity contribution is 0.728. The van der Waals surface area contributed by atoms with E-state index in [0.29, 0.717) is 10.5 Å². The van der Waals surface area contributed by atoms with Crippen LogP contribution < -0.4 is 0 Å². The predicted molar refractivity (Wildman–Crippen MR) is 60.6 cm³/mol. The van der Waals surface area contributed by atoms with E-state index < -0.39 is 0 Å². The summed E-state index contributed by atoms with van der Waals surface area (Å²) in [6, 6.07) is 0. The number of allylic oxidation sites excluding steroid dienone is 2. The van der Waals surface area contributed by atoms with E-state index in [1.54, 1.807) is 24.1 Å². The third-order valence-electron chi connectivity index (χ3n) is 2.26. The zero-order chi connectivity index (χ0) is 8.93. The van der Waals surface area contributed by atoms with Gasteiger partial charge in [0.1, 0.15) is 0 Å². The summed E-state index contributed by atoms with van der Waals surface area (Å²) in [4.78, 5) is 0. The minimum absolute atomic E-state index is 0.595. The molecule has 2 unspecified atom stereocenters. The highest BCUT2D eigenvalue weighted by molar-refractivity contribution is 8.08. The fraction of sp³-hybridized carbons (Fsp3) is 0.600. The molecule has 0 aromatic rings. The molecule has 0 heterocycles. The fourth-order valence-corrected chi connectivity index (χ4v) is 3.30. The van der Waals surface area contributed by atoms with Crippen molar-refractivity contribution in [3.63, 3.8) is 0 Å². The summed E-state index contributed by atoms with van der Waals surface area (Å²) >= 11 is 3.23. The second-order valence-corrected chi connectivity index (χ2v) is 5.49. The molecule has 0 fully saturated rings. The third kappa shape index (κ3) is 3.08. The molecule has 2 aliphatic rings. The second kappa shape index (κ2) is 5.13. The molecule has 0 spiro atoms. The van der Waals surface area contributed by atoms with E-state index in [0.717, 1.165) is 0 Å². The van der Waals surface area contributed by atoms with Gasteiger partial charge in [0.2, 0.25) is 0 Å². The number of hydrogen-bond donors (Lipinski definition) is 0. The zero-order valence-corrected chi connectivity index (χ0v) is 9.15. The molecule has 2 rings (SSSR count). The van der Waals surface area contributed by atoms with Gasteiger partial charge in [-0.25, -0.2) is 3.63 Å². The Kier molecular flexibility index (Phi) is 3.82. The van der Waals surface area contributed by atoms with E-state index in [4.69, 9.17) is 3.63 Å². The summed E-state index contributed by atoms with van der Waals surface area (Å²) in [5, 5.41) is 1.19. The van der Waals surface area contributed by atoms with Crippen molar-refractivity contribution in [2.45, 2.75) is 36.2 Å². The normalized spacial score (nSPS) is 31.7. The van der Waals surface area contributed by atoms with Crippen LogP contribution in [0.25, 0.3) is 0 Å². The molecule has 2 aliphatic carbocycles. The van der Waals surface area contributed by atoms with Crippen molar-refractivity contribution in [3.8, 4) is 0 Å². The molecule has 0 aromatic carbocycles. The van der Waals surface area contributed by atoms with Gasteiger partial charge in [0.15, 0.2) is 0 Å². The molecule has 0 N–H and O–H groups in total. The maximum Gasteiger partial charge on any atom is 0.0506 e. The minimum atomic E-state index is 0.595. The lowest BCUT2D eigenvalue weighted by Gasteiger charge is -2.08. The van der Waals surface area contributed by atoms with Crippen molar-refractivity contribution in [2.24, 2.45) is 0 Å². The minimum Gasteiger partial charge on any atom is -0.246 e. The Bertz CT molecular complexity index is 191. The van der Waals surface area contributed by atoms with E-state index in [9.17, 15) is 0 Å². The third-order valence-corrected chi connectivity index (χ3v) is 4.17. The zero-order valence-electron chi connectivity index (χ0n) is 7.52. The Labute approximate surface area is 88.4 Å². The second-order valence-electron chi connectivity index (χ2n) is 3.35. The van der Waals surface area contributed by atoms with Gasteiger partial charge in [-0.2, -0.15) is 0 Å². The van der Waals surface area contributed by atoms with Crippen molar-refractivity contribution in [1.82, 2.24) is 0 Å². The SMILES string of the molecule is C1=CC(SOSC2C=CCC2)CC1. The van der Waals surface area contributed by atoms with Crippen molar-refractivity contribution in [3.05, 3.63) is 24.3 Å².